The third-order valence-corrected chi connectivity index (χ3v) is 2.67. The number of hydrogen-bond acceptors (Lipinski definition) is 1. The van der Waals surface area contributed by atoms with Crippen molar-refractivity contribution >= 4 is 11.8 Å². The first-order valence-electron chi connectivity index (χ1n) is 4.86. The van der Waals surface area contributed by atoms with Gasteiger partial charge in [0.15, 0.2) is 0 Å². The van der Waals surface area contributed by atoms with Crippen LogP contribution in [0, 0.1) is 0 Å². The minimum Gasteiger partial charge on any atom is -0.344 e. The predicted molar refractivity (Wildman–Crippen MR) is 58.6 cm³/mol. The van der Waals surface area contributed by atoms with Crippen molar-refractivity contribution in [2.75, 3.05) is 6.54 Å². The molecular weight excluding hydrogens is 170 g/mol. The Morgan fingerprint density at radius 3 is 3.07 bits per heavy atom. The van der Waals surface area contributed by atoms with Crippen molar-refractivity contribution in [3.05, 3.63) is 59.1 Å². The van der Waals surface area contributed by atoms with E-state index in [9.17, 15) is 0 Å². The molecule has 0 bridgehead atoms. The van der Waals surface area contributed by atoms with Crippen LogP contribution in [0.1, 0.15) is 0 Å². The van der Waals surface area contributed by atoms with Gasteiger partial charge in [0.2, 0.25) is 0 Å². The molecule has 0 saturated carbocycles. The van der Waals surface area contributed by atoms with Gasteiger partial charge < -0.3 is 4.90 Å². The van der Waals surface area contributed by atoms with Crippen LogP contribution in [0.2, 0.25) is 0 Å². The van der Waals surface area contributed by atoms with Gasteiger partial charge >= 0.3 is 0 Å². The Morgan fingerprint density at radius 1 is 1.14 bits per heavy atom. The molecule has 1 nitrogen and oxygen atoms in total. The molecule has 1 aromatic rings. The van der Waals surface area contributed by atoms with Crippen LogP contribution in [0.25, 0.3) is 11.8 Å². The molecule has 0 fully saturated rings. The highest BCUT2D eigenvalue weighted by Gasteiger charge is 2.10. The Morgan fingerprint density at radius 2 is 2.07 bits per heavy atom. The average Bonchev–Trinajstić information content (AvgIpc) is 2.61. The molecule has 0 aliphatic carbocycles. The van der Waals surface area contributed by atoms with E-state index in [0.717, 1.165) is 6.54 Å². The molecule has 3 rings (SSSR count). The minimum atomic E-state index is 0.994. The lowest BCUT2D eigenvalue weighted by Gasteiger charge is -2.13. The fraction of sp³-hybridized carbons (Fsp3) is 0.0769. The number of allylic oxidation sites excluding steroid dienone is 1. The number of hydrogen-bond donors (Lipinski definition) is 0. The second-order valence-electron chi connectivity index (χ2n) is 3.54. The summed E-state index contributed by atoms with van der Waals surface area (Å²) in [5.41, 5.74) is 1.31. The third-order valence-electron chi connectivity index (χ3n) is 2.67. The third kappa shape index (κ3) is 1.02. The van der Waals surface area contributed by atoms with Crippen molar-refractivity contribution < 1.29 is 0 Å². The Balaban J connectivity index is 2.46. The maximum atomic E-state index is 2.27. The van der Waals surface area contributed by atoms with Gasteiger partial charge in [-0.25, -0.2) is 0 Å². The fourth-order valence-corrected chi connectivity index (χ4v) is 1.98. The number of nitrogens with zero attached hydrogens (tertiary/aromatic N) is 1. The zero-order chi connectivity index (χ0) is 9.38. The molecule has 0 radical (unpaired) electrons. The molecule has 0 atom stereocenters. The van der Waals surface area contributed by atoms with E-state index in [4.69, 9.17) is 0 Å². The SMILES string of the molecule is C1=CN2CC=CC2=c2ccccc2=C1. The van der Waals surface area contributed by atoms with Crippen LogP contribution in [0.15, 0.2) is 48.7 Å². The molecule has 0 amide bonds. The zero-order valence-corrected chi connectivity index (χ0v) is 7.85. The van der Waals surface area contributed by atoms with Crippen LogP contribution in [0.3, 0.4) is 0 Å². The molecule has 14 heavy (non-hydrogen) atoms. The van der Waals surface area contributed by atoms with E-state index in [0.29, 0.717) is 0 Å². The number of benzene rings is 1. The molecule has 0 saturated heterocycles. The summed E-state index contributed by atoms with van der Waals surface area (Å²) in [5.74, 6) is 0. The van der Waals surface area contributed by atoms with Crippen LogP contribution in [0.5, 0.6) is 0 Å². The van der Waals surface area contributed by atoms with Crippen LogP contribution < -0.4 is 10.4 Å². The fourth-order valence-electron chi connectivity index (χ4n) is 1.98. The van der Waals surface area contributed by atoms with E-state index in [1.54, 1.807) is 0 Å². The topological polar surface area (TPSA) is 3.24 Å². The van der Waals surface area contributed by atoms with Crippen molar-refractivity contribution in [2.24, 2.45) is 0 Å². The predicted octanol–water partition coefficient (Wildman–Crippen LogP) is 0.974. The lowest BCUT2D eigenvalue weighted by atomic mass is 10.2. The zero-order valence-electron chi connectivity index (χ0n) is 7.85. The first-order chi connectivity index (χ1) is 6.95. The molecule has 1 aromatic carbocycles. The molecule has 0 aromatic heterocycles. The smallest absolute Gasteiger partial charge is 0.0486 e. The van der Waals surface area contributed by atoms with Gasteiger partial charge in [-0.15, -0.1) is 0 Å². The van der Waals surface area contributed by atoms with Gasteiger partial charge in [-0.3, -0.25) is 0 Å². The molecular formula is C13H11N. The van der Waals surface area contributed by atoms with E-state index in [1.807, 2.05) is 0 Å². The van der Waals surface area contributed by atoms with Gasteiger partial charge in [-0.05, 0) is 17.4 Å². The molecule has 2 heterocycles. The summed E-state index contributed by atoms with van der Waals surface area (Å²) in [6, 6.07) is 8.51. The highest BCUT2D eigenvalue weighted by atomic mass is 15.1. The lowest BCUT2D eigenvalue weighted by Crippen LogP contribution is -2.28. The van der Waals surface area contributed by atoms with E-state index < -0.39 is 0 Å². The Labute approximate surface area is 83.0 Å². The summed E-state index contributed by atoms with van der Waals surface area (Å²) in [4.78, 5) is 2.27. The van der Waals surface area contributed by atoms with Crippen LogP contribution in [0.4, 0.5) is 0 Å². The molecule has 0 spiro atoms. The van der Waals surface area contributed by atoms with Crippen molar-refractivity contribution in [3.8, 4) is 0 Å². The van der Waals surface area contributed by atoms with E-state index in [1.165, 1.54) is 16.1 Å². The van der Waals surface area contributed by atoms with Gasteiger partial charge in [0.25, 0.3) is 0 Å². The van der Waals surface area contributed by atoms with Crippen LogP contribution in [-0.4, -0.2) is 11.4 Å². The maximum Gasteiger partial charge on any atom is 0.0486 e. The largest absolute Gasteiger partial charge is 0.344 e. The minimum absolute atomic E-state index is 0.994. The highest BCUT2D eigenvalue weighted by molar-refractivity contribution is 5.62. The second-order valence-corrected chi connectivity index (χ2v) is 3.54. The summed E-state index contributed by atoms with van der Waals surface area (Å²) in [6.07, 6.45) is 10.8. The van der Waals surface area contributed by atoms with Gasteiger partial charge in [0.1, 0.15) is 0 Å². The van der Waals surface area contributed by atoms with E-state index >= 15 is 0 Å². The number of fused-ring (bicyclic) bond motifs is 2. The molecule has 2 aliphatic heterocycles. The summed E-state index contributed by atoms with van der Waals surface area (Å²) in [7, 11) is 0. The van der Waals surface area contributed by atoms with Gasteiger partial charge in [0, 0.05) is 23.7 Å². The lowest BCUT2D eigenvalue weighted by molar-refractivity contribution is 0.614. The van der Waals surface area contributed by atoms with Crippen molar-refractivity contribution in [1.29, 1.82) is 0 Å². The van der Waals surface area contributed by atoms with Crippen molar-refractivity contribution in [2.45, 2.75) is 0 Å². The summed E-state index contributed by atoms with van der Waals surface area (Å²) >= 11 is 0. The van der Waals surface area contributed by atoms with Gasteiger partial charge in [-0.2, -0.15) is 0 Å². The normalized spacial score (nSPS) is 17.4. The van der Waals surface area contributed by atoms with Crippen molar-refractivity contribution in [3.63, 3.8) is 0 Å². The first-order valence-corrected chi connectivity index (χ1v) is 4.86. The van der Waals surface area contributed by atoms with Crippen LogP contribution >= 0.6 is 0 Å². The molecule has 2 aliphatic rings. The summed E-state index contributed by atoms with van der Waals surface area (Å²) in [6.45, 7) is 0.994. The quantitative estimate of drug-likeness (QED) is 0.576. The van der Waals surface area contributed by atoms with Crippen LogP contribution in [-0.2, 0) is 0 Å². The first kappa shape index (κ1) is 7.63. The highest BCUT2D eigenvalue weighted by Crippen LogP contribution is 2.13. The molecule has 0 unspecified atom stereocenters. The van der Waals surface area contributed by atoms with Crippen molar-refractivity contribution in [1.82, 2.24) is 4.90 Å². The van der Waals surface area contributed by atoms with Gasteiger partial charge in [-0.1, -0.05) is 36.4 Å². The Hall–Kier alpha value is -1.76. The van der Waals surface area contributed by atoms with Gasteiger partial charge in [0.05, 0.1) is 0 Å². The number of rotatable bonds is 0. The summed E-state index contributed by atoms with van der Waals surface area (Å²) in [5, 5.41) is 2.62. The monoisotopic (exact) mass is 181 g/mol. The standard InChI is InChI=1S/C13H11N/c1-2-7-12-11(5-1)6-3-9-14-10-4-8-13(12)14/h1-9H,10H2. The van der Waals surface area contributed by atoms with E-state index in [-0.39, 0.29) is 0 Å². The summed E-state index contributed by atoms with van der Waals surface area (Å²) < 4.78 is 0. The molecule has 0 N–H and O–H groups in total. The van der Waals surface area contributed by atoms with E-state index in [2.05, 4.69) is 59.7 Å². The maximum absolute atomic E-state index is 2.27. The Bertz CT molecular complexity index is 535. The molecule has 1 heteroatoms. The second kappa shape index (κ2) is 2.88. The Kier molecular flexibility index (Phi) is 1.57. The average molecular weight is 181 g/mol. The molecule has 68 valence electrons.